The molecule has 2 aliphatic heterocycles. The van der Waals surface area contributed by atoms with Gasteiger partial charge in [0, 0.05) is 24.7 Å². The summed E-state index contributed by atoms with van der Waals surface area (Å²) in [6.07, 6.45) is 2.52. The molecule has 1 aromatic rings. The first-order chi connectivity index (χ1) is 10.9. The van der Waals surface area contributed by atoms with E-state index in [0.717, 1.165) is 19.5 Å². The van der Waals surface area contributed by atoms with E-state index in [0.29, 0.717) is 16.1 Å². The molecule has 1 atom stereocenters. The summed E-state index contributed by atoms with van der Waals surface area (Å²) in [5, 5.41) is 10.5. The molecule has 2 aliphatic rings. The Balaban J connectivity index is 1.75. The van der Waals surface area contributed by atoms with Gasteiger partial charge in [0.05, 0.1) is 4.91 Å². The molecule has 1 fully saturated rings. The molecule has 0 bridgehead atoms. The van der Waals surface area contributed by atoms with Crippen LogP contribution >= 0.6 is 11.8 Å². The first kappa shape index (κ1) is 16.0. The maximum Gasteiger partial charge on any atom is 0.286 e. The number of amides is 1. The lowest BCUT2D eigenvalue weighted by Gasteiger charge is -2.20. The number of benzene rings is 1. The van der Waals surface area contributed by atoms with Crippen molar-refractivity contribution in [3.63, 3.8) is 0 Å². The van der Waals surface area contributed by atoms with Gasteiger partial charge < -0.3 is 14.9 Å². The molecule has 3 rings (SSSR count). The molecule has 0 aliphatic carbocycles. The van der Waals surface area contributed by atoms with Crippen LogP contribution in [0.3, 0.4) is 0 Å². The van der Waals surface area contributed by atoms with E-state index in [4.69, 9.17) is 0 Å². The molecule has 23 heavy (non-hydrogen) atoms. The molecule has 0 radical (unpaired) electrons. The number of hydrogen-bond acceptors (Lipinski definition) is 5. The van der Waals surface area contributed by atoms with Crippen LogP contribution in [0.2, 0.25) is 0 Å². The van der Waals surface area contributed by atoms with Gasteiger partial charge in [-0.3, -0.25) is 4.79 Å². The summed E-state index contributed by atoms with van der Waals surface area (Å²) in [7, 11) is 4.09. The van der Waals surface area contributed by atoms with Crippen LogP contribution in [0.1, 0.15) is 12.0 Å². The summed E-state index contributed by atoms with van der Waals surface area (Å²) < 4.78 is 13.3. The predicted molar refractivity (Wildman–Crippen MR) is 89.7 cm³/mol. The molecular formula is C16H18FN3O2S. The SMILES string of the molecule is CN(C)C1CCN(C2=NC(=O)/C(=C/c3cc(F)ccc3O)S2)C1. The number of hydrogen-bond donors (Lipinski definition) is 1. The van der Waals surface area contributed by atoms with Gasteiger partial charge in [-0.05, 0) is 56.6 Å². The van der Waals surface area contributed by atoms with Crippen LogP contribution in [0.4, 0.5) is 4.39 Å². The summed E-state index contributed by atoms with van der Waals surface area (Å²) >= 11 is 1.27. The molecule has 1 saturated heterocycles. The Labute approximate surface area is 138 Å². The Hall–Kier alpha value is -1.86. The Morgan fingerprint density at radius 3 is 2.96 bits per heavy atom. The zero-order valence-electron chi connectivity index (χ0n) is 13.0. The lowest BCUT2D eigenvalue weighted by atomic mass is 10.2. The van der Waals surface area contributed by atoms with Gasteiger partial charge in [-0.2, -0.15) is 4.99 Å². The highest BCUT2D eigenvalue weighted by Crippen LogP contribution is 2.33. The van der Waals surface area contributed by atoms with Crippen molar-refractivity contribution in [2.24, 2.45) is 4.99 Å². The van der Waals surface area contributed by atoms with E-state index in [1.54, 1.807) is 0 Å². The first-order valence-electron chi connectivity index (χ1n) is 7.36. The fourth-order valence-corrected chi connectivity index (χ4v) is 3.59. The number of nitrogens with zero attached hydrogens (tertiary/aromatic N) is 3. The summed E-state index contributed by atoms with van der Waals surface area (Å²) in [4.78, 5) is 20.8. The van der Waals surface area contributed by atoms with Gasteiger partial charge in [0.15, 0.2) is 5.17 Å². The molecule has 1 amide bonds. The lowest BCUT2D eigenvalue weighted by molar-refractivity contribution is -0.113. The normalized spacial score (nSPS) is 23.2. The maximum atomic E-state index is 13.3. The predicted octanol–water partition coefficient (Wildman–Crippen LogP) is 2.14. The summed E-state index contributed by atoms with van der Waals surface area (Å²) in [6, 6.07) is 4.10. The van der Waals surface area contributed by atoms with Gasteiger partial charge in [-0.15, -0.1) is 0 Å². The second kappa shape index (κ2) is 6.33. The Morgan fingerprint density at radius 2 is 2.26 bits per heavy atom. The van der Waals surface area contributed by atoms with Gasteiger partial charge in [0.1, 0.15) is 11.6 Å². The second-order valence-electron chi connectivity index (χ2n) is 5.87. The molecule has 1 aromatic carbocycles. The average Bonchev–Trinajstić information content (AvgIpc) is 3.10. The monoisotopic (exact) mass is 335 g/mol. The van der Waals surface area contributed by atoms with E-state index in [2.05, 4.69) is 14.8 Å². The molecule has 5 nitrogen and oxygen atoms in total. The van der Waals surface area contributed by atoms with Crippen molar-refractivity contribution < 1.29 is 14.3 Å². The minimum atomic E-state index is -0.459. The largest absolute Gasteiger partial charge is 0.507 e. The maximum absolute atomic E-state index is 13.3. The zero-order valence-corrected chi connectivity index (χ0v) is 13.8. The van der Waals surface area contributed by atoms with Crippen molar-refractivity contribution in [3.05, 3.63) is 34.5 Å². The zero-order chi connectivity index (χ0) is 16.6. The number of phenols is 1. The molecule has 0 aromatic heterocycles. The van der Waals surface area contributed by atoms with Gasteiger partial charge in [0.2, 0.25) is 0 Å². The molecule has 0 saturated carbocycles. The summed E-state index contributed by atoms with van der Waals surface area (Å²) in [6.45, 7) is 1.70. The molecular weight excluding hydrogens is 317 g/mol. The van der Waals surface area contributed by atoms with Crippen LogP contribution in [0.15, 0.2) is 28.1 Å². The van der Waals surface area contributed by atoms with E-state index >= 15 is 0 Å². The van der Waals surface area contributed by atoms with Crippen LogP contribution in [0.5, 0.6) is 5.75 Å². The van der Waals surface area contributed by atoms with Crippen molar-refractivity contribution in [1.29, 1.82) is 0 Å². The number of phenolic OH excluding ortho intramolecular Hbond substituents is 1. The van der Waals surface area contributed by atoms with E-state index in [1.807, 2.05) is 14.1 Å². The third kappa shape index (κ3) is 3.40. The number of aliphatic imine (C=N–C) groups is 1. The summed E-state index contributed by atoms with van der Waals surface area (Å²) in [5.41, 5.74) is 0.282. The number of thioether (sulfide) groups is 1. The number of halogens is 1. The van der Waals surface area contributed by atoms with Crippen molar-refractivity contribution in [2.75, 3.05) is 27.2 Å². The third-order valence-corrected chi connectivity index (χ3v) is 5.09. The number of likely N-dealkylation sites (N-methyl/N-ethyl adjacent to an activating group) is 1. The van der Waals surface area contributed by atoms with Crippen LogP contribution in [-0.4, -0.2) is 59.2 Å². The molecule has 7 heteroatoms. The van der Waals surface area contributed by atoms with E-state index in [1.165, 1.54) is 36.0 Å². The van der Waals surface area contributed by atoms with Gasteiger partial charge in [-0.1, -0.05) is 0 Å². The van der Waals surface area contributed by atoms with Crippen molar-refractivity contribution in [2.45, 2.75) is 12.5 Å². The minimum absolute atomic E-state index is 0.0606. The fraction of sp³-hybridized carbons (Fsp3) is 0.375. The highest BCUT2D eigenvalue weighted by Gasteiger charge is 2.32. The lowest BCUT2D eigenvalue weighted by Crippen LogP contribution is -2.33. The fourth-order valence-electron chi connectivity index (χ4n) is 2.65. The smallest absolute Gasteiger partial charge is 0.286 e. The number of carbonyl (C=O) groups excluding carboxylic acids is 1. The number of carbonyl (C=O) groups is 1. The topological polar surface area (TPSA) is 56.1 Å². The van der Waals surface area contributed by atoms with E-state index in [9.17, 15) is 14.3 Å². The van der Waals surface area contributed by atoms with Crippen LogP contribution < -0.4 is 0 Å². The van der Waals surface area contributed by atoms with Crippen LogP contribution in [0, 0.1) is 5.82 Å². The molecule has 122 valence electrons. The third-order valence-electron chi connectivity index (χ3n) is 4.05. The Kier molecular flexibility index (Phi) is 4.41. The molecule has 0 spiro atoms. The Bertz CT molecular complexity index is 703. The van der Waals surface area contributed by atoms with Crippen molar-refractivity contribution in [3.8, 4) is 5.75 Å². The van der Waals surface area contributed by atoms with Gasteiger partial charge in [-0.25, -0.2) is 4.39 Å². The molecule has 2 heterocycles. The molecule has 1 N–H and O–H groups in total. The first-order valence-corrected chi connectivity index (χ1v) is 8.18. The number of aromatic hydroxyl groups is 1. The minimum Gasteiger partial charge on any atom is -0.507 e. The standard InChI is InChI=1S/C16H18FN3O2S/c1-19(2)12-5-6-20(9-12)16-18-15(22)14(23-16)8-10-7-11(17)3-4-13(10)21/h3-4,7-8,12,21H,5-6,9H2,1-2H3/b14-8-. The van der Waals surface area contributed by atoms with Gasteiger partial charge >= 0.3 is 0 Å². The number of rotatable bonds is 2. The highest BCUT2D eigenvalue weighted by molar-refractivity contribution is 8.18. The van der Waals surface area contributed by atoms with Crippen molar-refractivity contribution >= 4 is 28.9 Å². The van der Waals surface area contributed by atoms with Crippen molar-refractivity contribution in [1.82, 2.24) is 9.80 Å². The highest BCUT2D eigenvalue weighted by atomic mass is 32.2. The van der Waals surface area contributed by atoms with Crippen LogP contribution in [0.25, 0.3) is 6.08 Å². The van der Waals surface area contributed by atoms with E-state index in [-0.39, 0.29) is 17.2 Å². The number of likely N-dealkylation sites (tertiary alicyclic amines) is 1. The Morgan fingerprint density at radius 1 is 1.48 bits per heavy atom. The average molecular weight is 335 g/mol. The summed E-state index contributed by atoms with van der Waals surface area (Å²) in [5.74, 6) is -0.865. The molecule has 1 unspecified atom stereocenters. The van der Waals surface area contributed by atoms with Crippen LogP contribution in [-0.2, 0) is 4.79 Å². The quantitative estimate of drug-likeness (QED) is 0.839. The van der Waals surface area contributed by atoms with E-state index < -0.39 is 5.82 Å². The van der Waals surface area contributed by atoms with Gasteiger partial charge in [0.25, 0.3) is 5.91 Å². The second-order valence-corrected chi connectivity index (χ2v) is 6.87. The number of amidine groups is 1.